The van der Waals surface area contributed by atoms with E-state index in [9.17, 15) is 4.79 Å². The predicted octanol–water partition coefficient (Wildman–Crippen LogP) is 2.14. The van der Waals surface area contributed by atoms with E-state index in [1.807, 2.05) is 42.5 Å². The minimum atomic E-state index is -0.336. The van der Waals surface area contributed by atoms with Gasteiger partial charge in [0, 0.05) is 6.04 Å². The van der Waals surface area contributed by atoms with Crippen LogP contribution in [0.4, 0.5) is 0 Å². The third kappa shape index (κ3) is 2.32. The van der Waals surface area contributed by atoms with Gasteiger partial charge in [-0.25, -0.2) is 0 Å². The van der Waals surface area contributed by atoms with Gasteiger partial charge in [-0.2, -0.15) is 0 Å². The second-order valence-corrected chi connectivity index (χ2v) is 5.17. The van der Waals surface area contributed by atoms with Gasteiger partial charge >= 0.3 is 0 Å². The molecule has 0 fully saturated rings. The Balaban J connectivity index is 2.04. The molecule has 0 aromatic heterocycles. The summed E-state index contributed by atoms with van der Waals surface area (Å²) in [4.78, 5) is 12.0. The average molecular weight is 266 g/mol. The van der Waals surface area contributed by atoms with E-state index in [4.69, 9.17) is 5.73 Å². The maximum atomic E-state index is 12.0. The summed E-state index contributed by atoms with van der Waals surface area (Å²) in [5, 5.41) is 3.45. The van der Waals surface area contributed by atoms with E-state index in [-0.39, 0.29) is 17.9 Å². The largest absolute Gasteiger partial charge is 0.369 e. The first-order chi connectivity index (χ1) is 9.77. The van der Waals surface area contributed by atoms with Crippen molar-refractivity contribution in [1.29, 1.82) is 0 Å². The molecule has 0 bridgehead atoms. The average Bonchev–Trinajstić information content (AvgIpc) is 2.48. The third-order valence-corrected chi connectivity index (χ3v) is 3.95. The molecule has 3 heteroatoms. The molecule has 1 aliphatic heterocycles. The number of amides is 1. The van der Waals surface area contributed by atoms with E-state index >= 15 is 0 Å². The fraction of sp³-hybridized carbons (Fsp3) is 0.235. The van der Waals surface area contributed by atoms with Crippen molar-refractivity contribution in [1.82, 2.24) is 5.32 Å². The number of hydrogen-bond acceptors (Lipinski definition) is 2. The topological polar surface area (TPSA) is 55.1 Å². The molecule has 0 aliphatic carbocycles. The van der Waals surface area contributed by atoms with Crippen LogP contribution < -0.4 is 11.1 Å². The quantitative estimate of drug-likeness (QED) is 0.894. The van der Waals surface area contributed by atoms with Crippen LogP contribution in [-0.2, 0) is 11.2 Å². The second-order valence-electron chi connectivity index (χ2n) is 5.17. The number of carbonyl (C=O) groups is 1. The van der Waals surface area contributed by atoms with Crippen LogP contribution >= 0.6 is 0 Å². The molecular weight excluding hydrogens is 248 g/mol. The first kappa shape index (κ1) is 12.9. The zero-order chi connectivity index (χ0) is 13.9. The lowest BCUT2D eigenvalue weighted by molar-refractivity contribution is -0.120. The van der Waals surface area contributed by atoms with Crippen LogP contribution in [-0.4, -0.2) is 12.5 Å². The van der Waals surface area contributed by atoms with Gasteiger partial charge in [0.05, 0.1) is 5.92 Å². The van der Waals surface area contributed by atoms with Crippen LogP contribution in [0.2, 0.25) is 0 Å². The molecule has 2 aromatic carbocycles. The number of nitrogens with one attached hydrogen (secondary N) is 1. The number of hydrogen-bond donors (Lipinski definition) is 2. The second kappa shape index (κ2) is 5.47. The molecule has 0 radical (unpaired) electrons. The summed E-state index contributed by atoms with van der Waals surface area (Å²) in [6.45, 7) is 0.873. The van der Waals surface area contributed by atoms with Gasteiger partial charge in [-0.05, 0) is 29.7 Å². The highest BCUT2D eigenvalue weighted by Gasteiger charge is 2.32. The maximum Gasteiger partial charge on any atom is 0.226 e. The summed E-state index contributed by atoms with van der Waals surface area (Å²) >= 11 is 0. The molecule has 20 heavy (non-hydrogen) atoms. The van der Waals surface area contributed by atoms with Gasteiger partial charge in [0.25, 0.3) is 0 Å². The Bertz CT molecular complexity index is 609. The molecule has 3 rings (SSSR count). The number of rotatable bonds is 3. The van der Waals surface area contributed by atoms with Gasteiger partial charge in [0.2, 0.25) is 5.91 Å². The smallest absolute Gasteiger partial charge is 0.226 e. The fourth-order valence-electron chi connectivity index (χ4n) is 3.02. The van der Waals surface area contributed by atoms with Crippen molar-refractivity contribution < 1.29 is 4.79 Å². The number of carbonyl (C=O) groups excluding carboxylic acids is 1. The van der Waals surface area contributed by atoms with E-state index in [1.165, 1.54) is 11.1 Å². The van der Waals surface area contributed by atoms with E-state index in [2.05, 4.69) is 17.4 Å². The molecule has 102 valence electrons. The number of benzene rings is 2. The maximum absolute atomic E-state index is 12.0. The van der Waals surface area contributed by atoms with Crippen LogP contribution in [0.3, 0.4) is 0 Å². The van der Waals surface area contributed by atoms with Crippen LogP contribution in [0.5, 0.6) is 0 Å². The van der Waals surface area contributed by atoms with E-state index in [0.717, 1.165) is 18.5 Å². The summed E-state index contributed by atoms with van der Waals surface area (Å²) < 4.78 is 0. The number of primary amides is 1. The summed E-state index contributed by atoms with van der Waals surface area (Å²) in [6, 6.07) is 18.0. The highest BCUT2D eigenvalue weighted by molar-refractivity contribution is 5.83. The van der Waals surface area contributed by atoms with Crippen molar-refractivity contribution in [3.8, 4) is 0 Å². The number of fused-ring (bicyclic) bond motifs is 1. The minimum Gasteiger partial charge on any atom is -0.369 e. The molecule has 1 amide bonds. The monoisotopic (exact) mass is 266 g/mol. The van der Waals surface area contributed by atoms with Crippen LogP contribution in [0, 0.1) is 0 Å². The zero-order valence-corrected chi connectivity index (χ0v) is 11.3. The Morgan fingerprint density at radius 1 is 1.10 bits per heavy atom. The molecule has 2 atom stereocenters. The molecule has 0 unspecified atom stereocenters. The molecule has 1 aliphatic rings. The van der Waals surface area contributed by atoms with Gasteiger partial charge in [0.15, 0.2) is 0 Å². The normalized spacial score (nSPS) is 19.1. The lowest BCUT2D eigenvalue weighted by atomic mass is 9.82. The van der Waals surface area contributed by atoms with E-state index in [1.54, 1.807) is 0 Å². The fourth-order valence-corrected chi connectivity index (χ4v) is 3.02. The van der Waals surface area contributed by atoms with Gasteiger partial charge in [-0.1, -0.05) is 54.6 Å². The molecule has 3 N–H and O–H groups in total. The highest BCUT2D eigenvalue weighted by atomic mass is 16.1. The Morgan fingerprint density at radius 3 is 2.55 bits per heavy atom. The van der Waals surface area contributed by atoms with Crippen LogP contribution in [0.1, 0.15) is 28.7 Å². The van der Waals surface area contributed by atoms with Crippen molar-refractivity contribution in [3.63, 3.8) is 0 Å². The zero-order valence-electron chi connectivity index (χ0n) is 11.3. The summed E-state index contributed by atoms with van der Waals surface area (Å²) in [5.74, 6) is -0.622. The molecule has 0 spiro atoms. The molecule has 3 nitrogen and oxygen atoms in total. The Kier molecular flexibility index (Phi) is 3.52. The SMILES string of the molecule is NC(=O)[C@@H](c1ccccc1)[C@H]1NCCc2ccccc21. The molecule has 2 aromatic rings. The van der Waals surface area contributed by atoms with E-state index in [0.29, 0.717) is 0 Å². The summed E-state index contributed by atoms with van der Waals surface area (Å²) in [6.07, 6.45) is 0.993. The Labute approximate surface area is 118 Å². The van der Waals surface area contributed by atoms with Crippen LogP contribution in [0.15, 0.2) is 54.6 Å². The molecule has 0 saturated carbocycles. The van der Waals surface area contributed by atoms with Crippen molar-refractivity contribution in [2.75, 3.05) is 6.54 Å². The first-order valence-corrected chi connectivity index (χ1v) is 6.93. The van der Waals surface area contributed by atoms with Crippen molar-refractivity contribution in [2.45, 2.75) is 18.4 Å². The van der Waals surface area contributed by atoms with Crippen molar-refractivity contribution in [3.05, 3.63) is 71.3 Å². The third-order valence-electron chi connectivity index (χ3n) is 3.95. The van der Waals surface area contributed by atoms with Gasteiger partial charge in [-0.3, -0.25) is 4.79 Å². The molecule has 0 saturated heterocycles. The van der Waals surface area contributed by atoms with Crippen molar-refractivity contribution >= 4 is 5.91 Å². The summed E-state index contributed by atoms with van der Waals surface area (Å²) in [5.41, 5.74) is 9.14. The van der Waals surface area contributed by atoms with E-state index < -0.39 is 0 Å². The summed E-state index contributed by atoms with van der Waals surface area (Å²) in [7, 11) is 0. The predicted molar refractivity (Wildman–Crippen MR) is 79.3 cm³/mol. The van der Waals surface area contributed by atoms with Crippen molar-refractivity contribution in [2.24, 2.45) is 5.73 Å². The van der Waals surface area contributed by atoms with Gasteiger partial charge in [0.1, 0.15) is 0 Å². The van der Waals surface area contributed by atoms with Crippen LogP contribution in [0.25, 0.3) is 0 Å². The lowest BCUT2D eigenvalue weighted by Gasteiger charge is -2.32. The van der Waals surface area contributed by atoms with Gasteiger partial charge < -0.3 is 11.1 Å². The minimum absolute atomic E-state index is 0.0418. The first-order valence-electron chi connectivity index (χ1n) is 6.93. The Morgan fingerprint density at radius 2 is 1.80 bits per heavy atom. The lowest BCUT2D eigenvalue weighted by Crippen LogP contribution is -2.39. The highest BCUT2D eigenvalue weighted by Crippen LogP contribution is 2.34. The molecular formula is C17H18N2O. The number of nitrogens with two attached hydrogens (primary N) is 1. The molecule has 1 heterocycles. The standard InChI is InChI=1S/C17H18N2O/c18-17(20)15(13-7-2-1-3-8-13)16-14-9-5-4-6-12(14)10-11-19-16/h1-9,15-16,19H,10-11H2,(H2,18,20)/t15-,16-/m0/s1. The van der Waals surface area contributed by atoms with Gasteiger partial charge in [-0.15, -0.1) is 0 Å². The Hall–Kier alpha value is -2.13.